The molecular formula is C32H39N5O7. The molecule has 1 N–H and O–H groups in total. The summed E-state index contributed by atoms with van der Waals surface area (Å²) in [5, 5.41) is 3.34. The van der Waals surface area contributed by atoms with Crippen molar-refractivity contribution < 1.29 is 33.1 Å². The summed E-state index contributed by atoms with van der Waals surface area (Å²) in [5.41, 5.74) is 1.57. The van der Waals surface area contributed by atoms with Gasteiger partial charge in [-0.05, 0) is 56.0 Å². The van der Waals surface area contributed by atoms with Gasteiger partial charge >= 0.3 is 6.09 Å². The molecule has 0 radical (unpaired) electrons. The van der Waals surface area contributed by atoms with Gasteiger partial charge in [-0.25, -0.2) is 9.78 Å². The topological polar surface area (TPSA) is 135 Å². The van der Waals surface area contributed by atoms with E-state index in [0.29, 0.717) is 56.0 Å². The van der Waals surface area contributed by atoms with Crippen LogP contribution in [0.1, 0.15) is 60.5 Å². The highest BCUT2D eigenvalue weighted by Gasteiger charge is 2.32. The van der Waals surface area contributed by atoms with Gasteiger partial charge in [0.2, 0.25) is 5.91 Å². The lowest BCUT2D eigenvalue weighted by molar-refractivity contribution is -0.134. The van der Waals surface area contributed by atoms with Crippen molar-refractivity contribution in [1.29, 1.82) is 0 Å². The van der Waals surface area contributed by atoms with Crippen LogP contribution in [0.5, 0.6) is 5.75 Å². The third-order valence-corrected chi connectivity index (χ3v) is 7.97. The van der Waals surface area contributed by atoms with Gasteiger partial charge in [-0.2, -0.15) is 0 Å². The number of unbranched alkanes of at least 4 members (excludes halogenated alkanes) is 1. The number of aryl methyl sites for hydroxylation is 1. The molecule has 2 fully saturated rings. The second-order valence-corrected chi connectivity index (χ2v) is 11.1. The third kappa shape index (κ3) is 7.29. The molecule has 4 amide bonds. The molecule has 0 spiro atoms. The lowest BCUT2D eigenvalue weighted by atomic mass is 10.1. The van der Waals surface area contributed by atoms with Crippen LogP contribution in [0.2, 0.25) is 0 Å². The van der Waals surface area contributed by atoms with Crippen molar-refractivity contribution in [3.63, 3.8) is 0 Å². The molecule has 2 aliphatic heterocycles. The van der Waals surface area contributed by atoms with Crippen LogP contribution in [0.3, 0.4) is 0 Å². The molecule has 2 aromatic heterocycles. The van der Waals surface area contributed by atoms with Crippen LogP contribution in [-0.4, -0.2) is 96.0 Å². The second kappa shape index (κ2) is 14.2. The van der Waals surface area contributed by atoms with Gasteiger partial charge in [0.25, 0.3) is 11.8 Å². The van der Waals surface area contributed by atoms with Crippen molar-refractivity contribution in [3.05, 3.63) is 59.7 Å². The first-order valence-corrected chi connectivity index (χ1v) is 15.2. The molecule has 2 aliphatic rings. The smallest absolute Gasteiger partial charge is 0.409 e. The largest absolute Gasteiger partial charge is 0.483 e. The number of nitrogens with one attached hydrogen (secondary N) is 1. The minimum Gasteiger partial charge on any atom is -0.483 e. The molecule has 0 aliphatic carbocycles. The minimum absolute atomic E-state index is 0.0765. The number of amides is 4. The Morgan fingerprint density at radius 1 is 1.02 bits per heavy atom. The average Bonchev–Trinajstić information content (AvgIpc) is 3.75. The molecule has 2 saturated heterocycles. The number of benzene rings is 1. The Bertz CT molecular complexity index is 1480. The molecule has 12 nitrogen and oxygen atoms in total. The van der Waals surface area contributed by atoms with E-state index in [1.54, 1.807) is 21.0 Å². The highest BCUT2D eigenvalue weighted by Crippen LogP contribution is 2.33. The van der Waals surface area contributed by atoms with Crippen molar-refractivity contribution in [2.24, 2.45) is 0 Å². The molecular weight excluding hydrogens is 566 g/mol. The van der Waals surface area contributed by atoms with E-state index in [2.05, 4.69) is 10.3 Å². The second-order valence-electron chi connectivity index (χ2n) is 11.1. The number of fused-ring (bicyclic) bond motifs is 1. The SMILES string of the molecule is CCCCOC(=O)N1CCN(C(=O)CNC(=O)c2cc(OCC(=O)N3CCCC3c3ccco3)c3ccc(C)cc3n2)CC1. The number of pyridine rings is 1. The Labute approximate surface area is 256 Å². The highest BCUT2D eigenvalue weighted by molar-refractivity contribution is 5.98. The van der Waals surface area contributed by atoms with Crippen molar-refractivity contribution in [1.82, 2.24) is 25.0 Å². The zero-order chi connectivity index (χ0) is 31.1. The fourth-order valence-corrected chi connectivity index (χ4v) is 5.50. The van der Waals surface area contributed by atoms with E-state index in [0.717, 1.165) is 37.0 Å². The number of aromatic nitrogens is 1. The van der Waals surface area contributed by atoms with Crippen LogP contribution in [-0.2, 0) is 14.3 Å². The Morgan fingerprint density at radius 3 is 2.57 bits per heavy atom. The maximum Gasteiger partial charge on any atom is 0.409 e. The van der Waals surface area contributed by atoms with Crippen LogP contribution < -0.4 is 10.1 Å². The molecule has 1 unspecified atom stereocenters. The van der Waals surface area contributed by atoms with Gasteiger partial charge in [0, 0.05) is 44.2 Å². The Hall–Kier alpha value is -4.61. The molecule has 0 saturated carbocycles. The summed E-state index contributed by atoms with van der Waals surface area (Å²) in [6.45, 7) is 5.97. The summed E-state index contributed by atoms with van der Waals surface area (Å²) in [4.78, 5) is 60.8. The van der Waals surface area contributed by atoms with E-state index in [4.69, 9.17) is 13.9 Å². The molecule has 1 aromatic carbocycles. The van der Waals surface area contributed by atoms with Crippen molar-refractivity contribution in [3.8, 4) is 5.75 Å². The number of hydrogen-bond acceptors (Lipinski definition) is 8. The zero-order valence-corrected chi connectivity index (χ0v) is 25.3. The standard InChI is InChI=1S/C32H39N5O7/c1-3-4-16-43-32(41)36-14-12-35(13-15-36)29(38)20-33-31(40)25-19-28(23-10-9-22(2)18-24(23)34-25)44-21-30(39)37-11-5-7-26(37)27-8-6-17-42-27/h6,8-10,17-19,26H,3-5,7,11-16,20-21H2,1-2H3,(H,33,40). The van der Waals surface area contributed by atoms with Gasteiger partial charge in [0.05, 0.1) is 31.0 Å². The number of likely N-dealkylation sites (tertiary alicyclic amines) is 1. The van der Waals surface area contributed by atoms with Crippen LogP contribution >= 0.6 is 0 Å². The van der Waals surface area contributed by atoms with Gasteiger partial charge in [0.15, 0.2) is 6.61 Å². The van der Waals surface area contributed by atoms with E-state index >= 15 is 0 Å². The van der Waals surface area contributed by atoms with E-state index in [1.807, 2.05) is 44.2 Å². The Morgan fingerprint density at radius 2 is 1.82 bits per heavy atom. The van der Waals surface area contributed by atoms with Crippen LogP contribution in [0.15, 0.2) is 47.1 Å². The first-order chi connectivity index (χ1) is 21.3. The third-order valence-electron chi connectivity index (χ3n) is 7.97. The van der Waals surface area contributed by atoms with E-state index in [-0.39, 0.29) is 42.8 Å². The maximum atomic E-state index is 13.2. The summed E-state index contributed by atoms with van der Waals surface area (Å²) in [7, 11) is 0. The minimum atomic E-state index is -0.534. The lowest BCUT2D eigenvalue weighted by Gasteiger charge is -2.34. The Kier molecular flexibility index (Phi) is 9.98. The zero-order valence-electron chi connectivity index (χ0n) is 25.3. The van der Waals surface area contributed by atoms with Gasteiger partial charge in [0.1, 0.15) is 17.2 Å². The average molecular weight is 606 g/mol. The molecule has 0 bridgehead atoms. The molecule has 12 heteroatoms. The quantitative estimate of drug-likeness (QED) is 0.346. The number of rotatable bonds is 10. The first-order valence-electron chi connectivity index (χ1n) is 15.2. The predicted molar refractivity (Wildman–Crippen MR) is 161 cm³/mol. The van der Waals surface area contributed by atoms with Crippen molar-refractivity contribution >= 4 is 34.7 Å². The molecule has 44 heavy (non-hydrogen) atoms. The van der Waals surface area contributed by atoms with E-state index in [1.165, 1.54) is 6.07 Å². The van der Waals surface area contributed by atoms with E-state index in [9.17, 15) is 19.2 Å². The van der Waals surface area contributed by atoms with E-state index < -0.39 is 5.91 Å². The highest BCUT2D eigenvalue weighted by atomic mass is 16.6. The van der Waals surface area contributed by atoms with Crippen LogP contribution in [0, 0.1) is 6.92 Å². The summed E-state index contributed by atoms with van der Waals surface area (Å²) in [5.74, 6) is 0.143. The number of furan rings is 1. The number of nitrogens with zero attached hydrogens (tertiary/aromatic N) is 4. The van der Waals surface area contributed by atoms with Crippen LogP contribution in [0.25, 0.3) is 10.9 Å². The summed E-state index contributed by atoms with van der Waals surface area (Å²) in [6.07, 6.45) is 4.68. The summed E-state index contributed by atoms with van der Waals surface area (Å²) < 4.78 is 16.8. The lowest BCUT2D eigenvalue weighted by Crippen LogP contribution is -2.52. The first kappa shape index (κ1) is 30.8. The monoisotopic (exact) mass is 605 g/mol. The van der Waals surface area contributed by atoms with Crippen LogP contribution in [0.4, 0.5) is 4.79 Å². The fourth-order valence-electron chi connectivity index (χ4n) is 5.50. The Balaban J connectivity index is 1.19. The molecule has 5 rings (SSSR count). The normalized spacial score (nSPS) is 16.7. The molecule has 4 heterocycles. The number of hydrogen-bond donors (Lipinski definition) is 1. The fraction of sp³-hybridized carbons (Fsp3) is 0.469. The summed E-state index contributed by atoms with van der Waals surface area (Å²) in [6, 6.07) is 10.7. The number of carbonyl (C=O) groups excluding carboxylic acids is 4. The van der Waals surface area contributed by atoms with Crippen molar-refractivity contribution in [2.45, 2.75) is 45.6 Å². The number of ether oxygens (including phenoxy) is 2. The molecule has 234 valence electrons. The number of piperazine rings is 1. The van der Waals surface area contributed by atoms with Gasteiger partial charge in [-0.1, -0.05) is 19.4 Å². The summed E-state index contributed by atoms with van der Waals surface area (Å²) >= 11 is 0. The van der Waals surface area contributed by atoms with Crippen molar-refractivity contribution in [2.75, 3.05) is 52.5 Å². The van der Waals surface area contributed by atoms with Gasteiger partial charge in [-0.3, -0.25) is 14.4 Å². The molecule has 1 atom stereocenters. The van der Waals surface area contributed by atoms with Gasteiger partial charge in [-0.15, -0.1) is 0 Å². The molecule has 3 aromatic rings. The maximum absolute atomic E-state index is 13.2. The number of carbonyl (C=O) groups is 4. The predicted octanol–water partition coefficient (Wildman–Crippen LogP) is 3.69. The van der Waals surface area contributed by atoms with Gasteiger partial charge < -0.3 is 33.9 Å².